The van der Waals surface area contributed by atoms with Gasteiger partial charge in [0.25, 0.3) is 0 Å². The third kappa shape index (κ3) is 5.52. The number of unbranched alkanes of at least 4 members (excludes halogenated alkanes) is 3. The van der Waals surface area contributed by atoms with E-state index < -0.39 is 0 Å². The van der Waals surface area contributed by atoms with Crippen LogP contribution in [0.4, 0.5) is 5.69 Å². The highest BCUT2D eigenvalue weighted by atomic mass is 16.5. The molecule has 0 atom stereocenters. The second-order valence-corrected chi connectivity index (χ2v) is 7.81. The normalized spacial score (nSPS) is 20.0. The van der Waals surface area contributed by atoms with Crippen LogP contribution in [-0.4, -0.2) is 0 Å². The first-order valence-corrected chi connectivity index (χ1v) is 10.4. The van der Waals surface area contributed by atoms with Gasteiger partial charge in [-0.15, -0.1) is 0 Å². The zero-order valence-corrected chi connectivity index (χ0v) is 16.1. The molecular weight excluding hydrogens is 318 g/mol. The van der Waals surface area contributed by atoms with Gasteiger partial charge in [0.1, 0.15) is 11.5 Å². The van der Waals surface area contributed by atoms with Crippen molar-refractivity contribution in [2.45, 2.75) is 70.6 Å². The molecule has 0 spiro atoms. The summed E-state index contributed by atoms with van der Waals surface area (Å²) >= 11 is 0. The zero-order valence-electron chi connectivity index (χ0n) is 16.1. The summed E-state index contributed by atoms with van der Waals surface area (Å²) in [5, 5.41) is 0. The van der Waals surface area contributed by atoms with Gasteiger partial charge in [-0.05, 0) is 79.5 Å². The Labute approximate surface area is 158 Å². The molecule has 3 rings (SSSR count). The molecule has 1 aliphatic carbocycles. The summed E-state index contributed by atoms with van der Waals surface area (Å²) in [5.74, 6) is 3.42. The number of nitrogen functional groups attached to an aromatic ring is 1. The molecule has 0 amide bonds. The van der Waals surface area contributed by atoms with Crippen LogP contribution >= 0.6 is 0 Å². The molecule has 26 heavy (non-hydrogen) atoms. The molecule has 2 N–H and O–H groups in total. The van der Waals surface area contributed by atoms with E-state index in [1.165, 1.54) is 63.4 Å². The van der Waals surface area contributed by atoms with Crippen molar-refractivity contribution in [3.05, 3.63) is 54.1 Å². The molecule has 0 aromatic heterocycles. The number of hydrogen-bond acceptors (Lipinski definition) is 2. The van der Waals surface area contributed by atoms with Crippen LogP contribution in [0, 0.1) is 5.92 Å². The maximum Gasteiger partial charge on any atom is 0.127 e. The van der Waals surface area contributed by atoms with Gasteiger partial charge in [-0.1, -0.05) is 51.2 Å². The Kier molecular flexibility index (Phi) is 6.99. The first-order valence-electron chi connectivity index (χ1n) is 10.4. The van der Waals surface area contributed by atoms with E-state index in [9.17, 15) is 0 Å². The lowest BCUT2D eigenvalue weighted by molar-refractivity contribution is 0.302. The van der Waals surface area contributed by atoms with E-state index in [-0.39, 0.29) is 0 Å². The van der Waals surface area contributed by atoms with E-state index in [2.05, 4.69) is 31.2 Å². The van der Waals surface area contributed by atoms with E-state index >= 15 is 0 Å². The van der Waals surface area contributed by atoms with Crippen molar-refractivity contribution in [3.63, 3.8) is 0 Å². The molecule has 2 aromatic carbocycles. The Balaban J connectivity index is 1.46. The van der Waals surface area contributed by atoms with Gasteiger partial charge in [0.05, 0.1) is 0 Å². The van der Waals surface area contributed by atoms with Crippen LogP contribution in [-0.2, 0) is 0 Å². The molecular formula is C24H33NO. The van der Waals surface area contributed by atoms with Crippen molar-refractivity contribution in [2.24, 2.45) is 5.92 Å². The molecule has 0 aliphatic heterocycles. The molecule has 140 valence electrons. The summed E-state index contributed by atoms with van der Waals surface area (Å²) in [6.45, 7) is 2.29. The lowest BCUT2D eigenvalue weighted by atomic mass is 9.77. The maximum atomic E-state index is 5.90. The van der Waals surface area contributed by atoms with Crippen molar-refractivity contribution in [1.29, 1.82) is 0 Å². The van der Waals surface area contributed by atoms with Crippen molar-refractivity contribution in [2.75, 3.05) is 5.73 Å². The van der Waals surface area contributed by atoms with Gasteiger partial charge in [-0.3, -0.25) is 0 Å². The van der Waals surface area contributed by atoms with Crippen LogP contribution in [0.3, 0.4) is 0 Å². The maximum absolute atomic E-state index is 5.90. The topological polar surface area (TPSA) is 35.2 Å². The van der Waals surface area contributed by atoms with E-state index in [1.807, 2.05) is 24.3 Å². The molecule has 0 saturated heterocycles. The lowest BCUT2D eigenvalue weighted by Crippen LogP contribution is -2.13. The Hall–Kier alpha value is -1.96. The van der Waals surface area contributed by atoms with Crippen LogP contribution in [0.2, 0.25) is 0 Å². The summed E-state index contributed by atoms with van der Waals surface area (Å²) in [7, 11) is 0. The molecule has 0 heterocycles. The number of ether oxygens (including phenoxy) is 1. The first kappa shape index (κ1) is 18.8. The van der Waals surface area contributed by atoms with E-state index in [1.54, 1.807) is 0 Å². The van der Waals surface area contributed by atoms with Crippen molar-refractivity contribution in [3.8, 4) is 11.5 Å². The fourth-order valence-corrected chi connectivity index (χ4v) is 4.12. The first-order chi connectivity index (χ1) is 12.7. The number of nitrogens with two attached hydrogens (primary N) is 1. The molecule has 2 heteroatoms. The minimum absolute atomic E-state index is 0.729. The van der Waals surface area contributed by atoms with Gasteiger partial charge < -0.3 is 10.5 Å². The number of benzene rings is 2. The average Bonchev–Trinajstić information content (AvgIpc) is 2.68. The summed E-state index contributed by atoms with van der Waals surface area (Å²) in [6.07, 6.45) is 12.5. The van der Waals surface area contributed by atoms with Gasteiger partial charge in [0.15, 0.2) is 0 Å². The van der Waals surface area contributed by atoms with Gasteiger partial charge in [0, 0.05) is 5.69 Å². The molecule has 0 unspecified atom stereocenters. The minimum Gasteiger partial charge on any atom is -0.457 e. The largest absolute Gasteiger partial charge is 0.457 e. The van der Waals surface area contributed by atoms with Crippen molar-refractivity contribution >= 4 is 5.69 Å². The van der Waals surface area contributed by atoms with E-state index in [0.29, 0.717) is 0 Å². The Morgan fingerprint density at radius 3 is 2.04 bits per heavy atom. The number of anilines is 1. The number of rotatable bonds is 8. The Morgan fingerprint density at radius 1 is 0.808 bits per heavy atom. The van der Waals surface area contributed by atoms with Crippen LogP contribution in [0.15, 0.2) is 48.5 Å². The highest BCUT2D eigenvalue weighted by Crippen LogP contribution is 2.38. The quantitative estimate of drug-likeness (QED) is 0.400. The third-order valence-electron chi connectivity index (χ3n) is 5.78. The van der Waals surface area contributed by atoms with Crippen LogP contribution in [0.25, 0.3) is 0 Å². The minimum atomic E-state index is 0.729. The van der Waals surface area contributed by atoms with E-state index in [0.717, 1.165) is 29.0 Å². The molecule has 0 radical (unpaired) electrons. The van der Waals surface area contributed by atoms with Gasteiger partial charge in [0.2, 0.25) is 0 Å². The van der Waals surface area contributed by atoms with E-state index in [4.69, 9.17) is 10.5 Å². The third-order valence-corrected chi connectivity index (χ3v) is 5.78. The molecule has 2 nitrogen and oxygen atoms in total. The lowest BCUT2D eigenvalue weighted by Gasteiger charge is -2.29. The van der Waals surface area contributed by atoms with Crippen molar-refractivity contribution < 1.29 is 4.74 Å². The molecule has 1 aliphatic rings. The predicted molar refractivity (Wildman–Crippen MR) is 111 cm³/mol. The summed E-state index contributed by atoms with van der Waals surface area (Å²) in [6, 6.07) is 16.2. The van der Waals surface area contributed by atoms with Crippen LogP contribution in [0.5, 0.6) is 11.5 Å². The summed E-state index contributed by atoms with van der Waals surface area (Å²) < 4.78 is 5.90. The molecule has 1 fully saturated rings. The fraction of sp³-hybridized carbons (Fsp3) is 0.500. The Bertz CT molecular complexity index is 639. The zero-order chi connectivity index (χ0) is 18.2. The predicted octanol–water partition coefficient (Wildman–Crippen LogP) is 7.31. The van der Waals surface area contributed by atoms with Gasteiger partial charge in [-0.2, -0.15) is 0 Å². The number of hydrogen-bond donors (Lipinski definition) is 1. The molecule has 2 aromatic rings. The Morgan fingerprint density at radius 2 is 1.42 bits per heavy atom. The molecule has 0 bridgehead atoms. The van der Waals surface area contributed by atoms with Gasteiger partial charge >= 0.3 is 0 Å². The van der Waals surface area contributed by atoms with Crippen LogP contribution < -0.4 is 10.5 Å². The fourth-order valence-electron chi connectivity index (χ4n) is 4.12. The highest BCUT2D eigenvalue weighted by Gasteiger charge is 2.22. The van der Waals surface area contributed by atoms with Crippen molar-refractivity contribution in [1.82, 2.24) is 0 Å². The molecule has 1 saturated carbocycles. The SMILES string of the molecule is CCCCCCC1CCC(c2ccc(Oc3ccc(N)cc3)cc2)CC1. The standard InChI is InChI=1S/C24H33NO/c1-2-3-4-5-6-19-7-9-20(10-8-19)21-11-15-23(16-12-21)26-24-17-13-22(25)14-18-24/h11-20H,2-10,25H2,1H3. The van der Waals surface area contributed by atoms with Crippen LogP contribution in [0.1, 0.15) is 76.2 Å². The summed E-state index contributed by atoms with van der Waals surface area (Å²) in [4.78, 5) is 0. The smallest absolute Gasteiger partial charge is 0.127 e. The second kappa shape index (κ2) is 9.66. The average molecular weight is 352 g/mol. The summed E-state index contributed by atoms with van der Waals surface area (Å²) in [5.41, 5.74) is 7.95. The highest BCUT2D eigenvalue weighted by molar-refractivity contribution is 5.43. The monoisotopic (exact) mass is 351 g/mol. The van der Waals surface area contributed by atoms with Gasteiger partial charge in [-0.25, -0.2) is 0 Å². The second-order valence-electron chi connectivity index (χ2n) is 7.81.